The summed E-state index contributed by atoms with van der Waals surface area (Å²) in [6.45, 7) is 2.17. The Labute approximate surface area is 194 Å². The van der Waals surface area contributed by atoms with Crippen molar-refractivity contribution in [3.8, 4) is 0 Å². The molecule has 0 aromatic carbocycles. The Kier molecular flexibility index (Phi) is 6.52. The van der Waals surface area contributed by atoms with E-state index in [1.54, 1.807) is 0 Å². The zero-order valence-electron chi connectivity index (χ0n) is 19.8. The van der Waals surface area contributed by atoms with Crippen LogP contribution in [0.2, 0.25) is 0 Å². The van der Waals surface area contributed by atoms with Crippen LogP contribution in [0, 0.1) is 0 Å². The number of hydrogen-bond acceptors (Lipinski definition) is 5. The van der Waals surface area contributed by atoms with Crippen LogP contribution in [-0.2, 0) is 12.8 Å². The lowest BCUT2D eigenvalue weighted by Crippen LogP contribution is -2.54. The van der Waals surface area contributed by atoms with Gasteiger partial charge in [-0.05, 0) is 75.3 Å². The van der Waals surface area contributed by atoms with E-state index in [4.69, 9.17) is 4.98 Å². The summed E-state index contributed by atoms with van der Waals surface area (Å²) in [7, 11) is 0. The molecule has 0 spiro atoms. The summed E-state index contributed by atoms with van der Waals surface area (Å²) in [5.41, 5.74) is 5.85. The van der Waals surface area contributed by atoms with Gasteiger partial charge in [-0.1, -0.05) is 31.7 Å². The average Bonchev–Trinajstić information content (AvgIpc) is 2.83. The lowest BCUT2D eigenvalue weighted by atomic mass is 9.83. The van der Waals surface area contributed by atoms with Crippen LogP contribution in [0.1, 0.15) is 112 Å². The van der Waals surface area contributed by atoms with Gasteiger partial charge in [0.05, 0.1) is 23.5 Å². The van der Waals surface area contributed by atoms with E-state index in [-0.39, 0.29) is 0 Å². The number of pyridine rings is 1. The molecule has 5 heteroatoms. The Morgan fingerprint density at radius 3 is 1.53 bits per heavy atom. The Balaban J connectivity index is 1.35. The molecule has 3 unspecified atom stereocenters. The van der Waals surface area contributed by atoms with E-state index in [1.165, 1.54) is 112 Å². The standard InChI is InChI=1S/C27H43N5/c1-3-11-22-20(9-1)28-15-16-29-21-10-2-4-12-23(21)31-25-14-6-8-19-17-18-7-5-13-24(30-22)26(18)32-27(19)25/h17,20-25,28-31H,1-16H2/t20-,21?,22-,23-,24?,25?/m1/s1. The maximum Gasteiger partial charge on any atom is 0.0609 e. The molecule has 4 aliphatic carbocycles. The second-order valence-electron chi connectivity index (χ2n) is 11.2. The van der Waals surface area contributed by atoms with Crippen LogP contribution in [0.4, 0.5) is 0 Å². The molecule has 0 saturated heterocycles. The molecule has 0 radical (unpaired) electrons. The molecule has 1 aliphatic heterocycles. The molecule has 2 heterocycles. The lowest BCUT2D eigenvalue weighted by Gasteiger charge is -2.38. The number of aryl methyl sites for hydroxylation is 2. The van der Waals surface area contributed by atoms with Gasteiger partial charge in [0.1, 0.15) is 0 Å². The summed E-state index contributed by atoms with van der Waals surface area (Å²) in [5, 5.41) is 16.1. The van der Waals surface area contributed by atoms with Crippen LogP contribution in [0.15, 0.2) is 6.07 Å². The third-order valence-electron chi connectivity index (χ3n) is 9.09. The van der Waals surface area contributed by atoms with Crippen molar-refractivity contribution in [1.82, 2.24) is 26.3 Å². The van der Waals surface area contributed by atoms with Crippen LogP contribution in [0.5, 0.6) is 0 Å². The van der Waals surface area contributed by atoms with Gasteiger partial charge in [0.2, 0.25) is 0 Å². The van der Waals surface area contributed by atoms with Crippen molar-refractivity contribution < 1.29 is 0 Å². The summed E-state index contributed by atoms with van der Waals surface area (Å²) >= 11 is 0. The quantitative estimate of drug-likeness (QED) is 0.497. The first-order valence-corrected chi connectivity index (χ1v) is 13.9. The minimum absolute atomic E-state index is 0.435. The zero-order chi connectivity index (χ0) is 21.3. The number of fused-ring (bicyclic) bond motifs is 2. The maximum absolute atomic E-state index is 5.50. The normalized spacial score (nSPS) is 38.0. The Bertz CT molecular complexity index is 733. The highest BCUT2D eigenvalue weighted by atomic mass is 15.1. The van der Waals surface area contributed by atoms with E-state index in [2.05, 4.69) is 27.3 Å². The maximum atomic E-state index is 5.50. The largest absolute Gasteiger partial charge is 0.311 e. The average molecular weight is 438 g/mol. The smallest absolute Gasteiger partial charge is 0.0609 e. The van der Waals surface area contributed by atoms with E-state index < -0.39 is 0 Å². The molecule has 2 bridgehead atoms. The third kappa shape index (κ3) is 4.38. The van der Waals surface area contributed by atoms with Gasteiger partial charge in [0, 0.05) is 37.3 Å². The van der Waals surface area contributed by atoms with Crippen molar-refractivity contribution in [2.75, 3.05) is 13.1 Å². The van der Waals surface area contributed by atoms with Crippen LogP contribution in [-0.4, -0.2) is 42.2 Å². The van der Waals surface area contributed by atoms with Crippen LogP contribution >= 0.6 is 0 Å². The highest BCUT2D eigenvalue weighted by Crippen LogP contribution is 2.37. The van der Waals surface area contributed by atoms with Crippen LogP contribution in [0.25, 0.3) is 0 Å². The minimum atomic E-state index is 0.435. The first-order chi connectivity index (χ1) is 15.8. The summed E-state index contributed by atoms with van der Waals surface area (Å²) < 4.78 is 0. The van der Waals surface area contributed by atoms with E-state index >= 15 is 0 Å². The molecule has 2 fully saturated rings. The summed E-state index contributed by atoms with van der Waals surface area (Å²) in [6.07, 6.45) is 18.2. The molecule has 0 amide bonds. The van der Waals surface area contributed by atoms with E-state index in [0.29, 0.717) is 36.3 Å². The minimum Gasteiger partial charge on any atom is -0.311 e. The molecule has 1 aromatic rings. The van der Waals surface area contributed by atoms with Gasteiger partial charge in [-0.2, -0.15) is 0 Å². The molecule has 5 aliphatic rings. The Hall–Kier alpha value is -1.01. The van der Waals surface area contributed by atoms with E-state index in [1.807, 2.05) is 0 Å². The fraction of sp³-hybridized carbons (Fsp3) is 0.815. The highest BCUT2D eigenvalue weighted by Gasteiger charge is 2.34. The molecular formula is C27H43N5. The Morgan fingerprint density at radius 1 is 0.562 bits per heavy atom. The lowest BCUT2D eigenvalue weighted by molar-refractivity contribution is 0.243. The fourth-order valence-corrected chi connectivity index (χ4v) is 7.41. The van der Waals surface area contributed by atoms with Gasteiger partial charge < -0.3 is 21.3 Å². The predicted octanol–water partition coefficient (Wildman–Crippen LogP) is 3.83. The molecule has 4 N–H and O–H groups in total. The molecule has 32 heavy (non-hydrogen) atoms. The number of nitrogens with one attached hydrogen (secondary N) is 4. The van der Waals surface area contributed by atoms with Crippen molar-refractivity contribution in [3.63, 3.8) is 0 Å². The Morgan fingerprint density at radius 2 is 1.03 bits per heavy atom. The van der Waals surface area contributed by atoms with Crippen molar-refractivity contribution in [2.24, 2.45) is 0 Å². The van der Waals surface area contributed by atoms with Crippen LogP contribution < -0.4 is 21.3 Å². The highest BCUT2D eigenvalue weighted by molar-refractivity contribution is 5.37. The number of aromatic nitrogens is 1. The van der Waals surface area contributed by atoms with Gasteiger partial charge in [-0.25, -0.2) is 0 Å². The third-order valence-corrected chi connectivity index (χ3v) is 9.09. The monoisotopic (exact) mass is 437 g/mol. The van der Waals surface area contributed by atoms with Gasteiger partial charge in [-0.15, -0.1) is 0 Å². The zero-order valence-corrected chi connectivity index (χ0v) is 19.8. The number of rotatable bonds is 0. The molecule has 6 rings (SSSR count). The summed E-state index contributed by atoms with van der Waals surface area (Å²) in [6, 6.07) is 5.80. The van der Waals surface area contributed by atoms with Crippen molar-refractivity contribution >= 4 is 0 Å². The van der Waals surface area contributed by atoms with Crippen LogP contribution in [0.3, 0.4) is 0 Å². The first-order valence-electron chi connectivity index (χ1n) is 13.9. The molecule has 2 saturated carbocycles. The van der Waals surface area contributed by atoms with Gasteiger partial charge in [-0.3, -0.25) is 4.98 Å². The molecule has 1 aromatic heterocycles. The predicted molar refractivity (Wildman–Crippen MR) is 130 cm³/mol. The molecule has 5 nitrogen and oxygen atoms in total. The van der Waals surface area contributed by atoms with E-state index in [9.17, 15) is 0 Å². The van der Waals surface area contributed by atoms with Crippen molar-refractivity contribution in [2.45, 2.75) is 126 Å². The summed E-state index contributed by atoms with van der Waals surface area (Å²) in [4.78, 5) is 5.50. The molecular weight excluding hydrogens is 394 g/mol. The second-order valence-corrected chi connectivity index (χ2v) is 11.2. The van der Waals surface area contributed by atoms with Crippen molar-refractivity contribution in [1.29, 1.82) is 0 Å². The van der Waals surface area contributed by atoms with E-state index in [0.717, 1.165) is 13.1 Å². The molecule has 6 atom stereocenters. The fourth-order valence-electron chi connectivity index (χ4n) is 7.41. The van der Waals surface area contributed by atoms with Gasteiger partial charge in [0.25, 0.3) is 0 Å². The van der Waals surface area contributed by atoms with Gasteiger partial charge in [0.15, 0.2) is 0 Å². The molecule has 176 valence electrons. The number of nitrogens with zero attached hydrogens (tertiary/aromatic N) is 1. The SMILES string of the molecule is c1c2c3nc4c1CCCC4N[C@@H]1CCCC[C@H]1NCCNC1CCCC[C@H]1NC3CCC2. The second kappa shape index (κ2) is 9.69. The number of hydrogen-bond donors (Lipinski definition) is 4. The first kappa shape index (κ1) is 21.5. The topological polar surface area (TPSA) is 61.0 Å². The van der Waals surface area contributed by atoms with Crippen molar-refractivity contribution in [3.05, 3.63) is 28.6 Å². The van der Waals surface area contributed by atoms with Gasteiger partial charge >= 0.3 is 0 Å². The summed E-state index contributed by atoms with van der Waals surface area (Å²) in [5.74, 6) is 0.